The molecule has 0 spiro atoms. The molecule has 0 bridgehead atoms. The SMILES string of the molecule is CC(C)(C)C(=O)Oc1ccc(-n2cc(-c3ccccn3)cn2)cc1. The summed E-state index contributed by atoms with van der Waals surface area (Å²) >= 11 is 0. The highest BCUT2D eigenvalue weighted by Crippen LogP contribution is 2.22. The molecule has 0 aliphatic carbocycles. The van der Waals surface area contributed by atoms with Crippen molar-refractivity contribution in [3.05, 3.63) is 61.1 Å². The zero-order valence-electron chi connectivity index (χ0n) is 13.9. The van der Waals surface area contributed by atoms with E-state index in [0.29, 0.717) is 5.75 Å². The fourth-order valence-electron chi connectivity index (χ4n) is 2.06. The van der Waals surface area contributed by atoms with Gasteiger partial charge in [0.2, 0.25) is 0 Å². The first-order valence-corrected chi connectivity index (χ1v) is 7.72. The molecule has 24 heavy (non-hydrogen) atoms. The van der Waals surface area contributed by atoms with Gasteiger partial charge in [0.05, 0.1) is 23.0 Å². The highest BCUT2D eigenvalue weighted by molar-refractivity contribution is 5.77. The van der Waals surface area contributed by atoms with Crippen molar-refractivity contribution in [1.82, 2.24) is 14.8 Å². The van der Waals surface area contributed by atoms with Gasteiger partial charge in [-0.15, -0.1) is 0 Å². The van der Waals surface area contributed by atoms with Gasteiger partial charge in [0.25, 0.3) is 0 Å². The molecule has 0 unspecified atom stereocenters. The number of carbonyl (C=O) groups excluding carboxylic acids is 1. The number of rotatable bonds is 3. The number of esters is 1. The smallest absolute Gasteiger partial charge is 0.316 e. The van der Waals surface area contributed by atoms with Crippen molar-refractivity contribution in [2.45, 2.75) is 20.8 Å². The summed E-state index contributed by atoms with van der Waals surface area (Å²) in [4.78, 5) is 16.2. The molecule has 2 heterocycles. The van der Waals surface area contributed by atoms with E-state index in [2.05, 4.69) is 10.1 Å². The van der Waals surface area contributed by atoms with Crippen LogP contribution in [-0.4, -0.2) is 20.7 Å². The highest BCUT2D eigenvalue weighted by Gasteiger charge is 2.23. The fraction of sp³-hybridized carbons (Fsp3) is 0.211. The van der Waals surface area contributed by atoms with E-state index in [9.17, 15) is 4.79 Å². The minimum absolute atomic E-state index is 0.258. The number of carbonyl (C=O) groups is 1. The second-order valence-electron chi connectivity index (χ2n) is 6.52. The molecule has 0 aliphatic heterocycles. The van der Waals surface area contributed by atoms with E-state index in [1.54, 1.807) is 29.2 Å². The molecule has 0 amide bonds. The first-order valence-electron chi connectivity index (χ1n) is 7.72. The number of pyridine rings is 1. The van der Waals surface area contributed by atoms with Crippen LogP contribution in [-0.2, 0) is 4.79 Å². The van der Waals surface area contributed by atoms with E-state index >= 15 is 0 Å². The maximum Gasteiger partial charge on any atom is 0.316 e. The van der Waals surface area contributed by atoms with Crippen molar-refractivity contribution < 1.29 is 9.53 Å². The number of nitrogens with zero attached hydrogens (tertiary/aromatic N) is 3. The van der Waals surface area contributed by atoms with Gasteiger partial charge >= 0.3 is 5.97 Å². The number of ether oxygens (including phenoxy) is 1. The summed E-state index contributed by atoms with van der Waals surface area (Å²) in [7, 11) is 0. The largest absolute Gasteiger partial charge is 0.426 e. The zero-order chi connectivity index (χ0) is 17.2. The minimum Gasteiger partial charge on any atom is -0.426 e. The number of hydrogen-bond acceptors (Lipinski definition) is 4. The van der Waals surface area contributed by atoms with E-state index in [-0.39, 0.29) is 5.97 Å². The topological polar surface area (TPSA) is 57.0 Å². The number of benzene rings is 1. The van der Waals surface area contributed by atoms with Crippen LogP contribution in [0.2, 0.25) is 0 Å². The third-order valence-electron chi connectivity index (χ3n) is 3.47. The van der Waals surface area contributed by atoms with Crippen LogP contribution < -0.4 is 4.74 Å². The maximum absolute atomic E-state index is 11.9. The third kappa shape index (κ3) is 3.51. The fourth-order valence-corrected chi connectivity index (χ4v) is 2.06. The Bertz CT molecular complexity index is 831. The molecular weight excluding hydrogens is 302 g/mol. The molecule has 3 aromatic rings. The van der Waals surface area contributed by atoms with E-state index < -0.39 is 5.41 Å². The second-order valence-corrected chi connectivity index (χ2v) is 6.52. The average molecular weight is 321 g/mol. The Morgan fingerprint density at radius 3 is 2.46 bits per heavy atom. The number of aromatic nitrogens is 3. The molecule has 0 N–H and O–H groups in total. The van der Waals surface area contributed by atoms with Crippen LogP contribution in [0.3, 0.4) is 0 Å². The normalized spacial score (nSPS) is 11.3. The van der Waals surface area contributed by atoms with Crippen LogP contribution in [0.5, 0.6) is 5.75 Å². The molecule has 122 valence electrons. The summed E-state index contributed by atoms with van der Waals surface area (Å²) in [6, 6.07) is 13.0. The third-order valence-corrected chi connectivity index (χ3v) is 3.47. The summed E-state index contributed by atoms with van der Waals surface area (Å²) in [5.41, 5.74) is 2.17. The Labute approximate surface area is 140 Å². The Balaban J connectivity index is 1.77. The lowest BCUT2D eigenvalue weighted by Crippen LogP contribution is -2.25. The summed E-state index contributed by atoms with van der Waals surface area (Å²) in [5, 5.41) is 4.36. The quantitative estimate of drug-likeness (QED) is 0.542. The first kappa shape index (κ1) is 15.9. The molecule has 0 radical (unpaired) electrons. The van der Waals surface area contributed by atoms with Crippen molar-refractivity contribution in [3.8, 4) is 22.7 Å². The van der Waals surface area contributed by atoms with E-state index in [0.717, 1.165) is 16.9 Å². The number of hydrogen-bond donors (Lipinski definition) is 0. The lowest BCUT2D eigenvalue weighted by Gasteiger charge is -2.16. The van der Waals surface area contributed by atoms with Crippen LogP contribution in [0.25, 0.3) is 16.9 Å². The van der Waals surface area contributed by atoms with Gasteiger partial charge in [-0.2, -0.15) is 5.10 Å². The van der Waals surface area contributed by atoms with Crippen molar-refractivity contribution >= 4 is 5.97 Å². The average Bonchev–Trinajstić information content (AvgIpc) is 3.05. The van der Waals surface area contributed by atoms with Gasteiger partial charge in [-0.25, -0.2) is 4.68 Å². The Morgan fingerprint density at radius 1 is 1.08 bits per heavy atom. The standard InChI is InChI=1S/C19H19N3O2/c1-19(2,3)18(23)24-16-9-7-15(8-10-16)22-13-14(12-21-22)17-6-4-5-11-20-17/h4-13H,1-3H3. The molecule has 0 fully saturated rings. The summed E-state index contributed by atoms with van der Waals surface area (Å²) in [6.07, 6.45) is 5.44. The molecule has 0 saturated heterocycles. The van der Waals surface area contributed by atoms with Gasteiger partial charge in [0.1, 0.15) is 5.75 Å². The molecule has 0 atom stereocenters. The molecule has 3 rings (SSSR count). The van der Waals surface area contributed by atoms with Crippen LogP contribution in [0.4, 0.5) is 0 Å². The second kappa shape index (κ2) is 6.28. The summed E-state index contributed by atoms with van der Waals surface area (Å²) in [5.74, 6) is 0.266. The Hall–Kier alpha value is -2.95. The van der Waals surface area contributed by atoms with Gasteiger partial charge < -0.3 is 4.74 Å². The van der Waals surface area contributed by atoms with Gasteiger partial charge in [-0.1, -0.05) is 6.07 Å². The van der Waals surface area contributed by atoms with Gasteiger partial charge in [0.15, 0.2) is 0 Å². The van der Waals surface area contributed by atoms with E-state index in [4.69, 9.17) is 4.74 Å². The van der Waals surface area contributed by atoms with Crippen LogP contribution in [0, 0.1) is 5.41 Å². The Kier molecular flexibility index (Phi) is 4.16. The molecule has 5 nitrogen and oxygen atoms in total. The zero-order valence-corrected chi connectivity index (χ0v) is 13.9. The molecule has 1 aromatic carbocycles. The monoisotopic (exact) mass is 321 g/mol. The van der Waals surface area contributed by atoms with Crippen molar-refractivity contribution in [3.63, 3.8) is 0 Å². The minimum atomic E-state index is -0.530. The van der Waals surface area contributed by atoms with Gasteiger partial charge in [0, 0.05) is 18.0 Å². The van der Waals surface area contributed by atoms with E-state index in [1.165, 1.54) is 0 Å². The van der Waals surface area contributed by atoms with Crippen molar-refractivity contribution in [2.24, 2.45) is 5.41 Å². The lowest BCUT2D eigenvalue weighted by atomic mass is 9.97. The van der Waals surface area contributed by atoms with Crippen molar-refractivity contribution in [1.29, 1.82) is 0 Å². The molecular formula is C19H19N3O2. The predicted octanol–water partition coefficient (Wildman–Crippen LogP) is 3.89. The molecule has 0 saturated carbocycles. The molecule has 5 heteroatoms. The first-order chi connectivity index (χ1) is 11.4. The molecule has 2 aromatic heterocycles. The van der Waals surface area contributed by atoms with Crippen LogP contribution in [0.1, 0.15) is 20.8 Å². The lowest BCUT2D eigenvalue weighted by molar-refractivity contribution is -0.142. The van der Waals surface area contributed by atoms with E-state index in [1.807, 2.05) is 57.3 Å². The van der Waals surface area contributed by atoms with Crippen molar-refractivity contribution in [2.75, 3.05) is 0 Å². The van der Waals surface area contributed by atoms with Crippen LogP contribution in [0.15, 0.2) is 61.1 Å². The highest BCUT2D eigenvalue weighted by atomic mass is 16.5. The maximum atomic E-state index is 11.9. The van der Waals surface area contributed by atoms with Gasteiger partial charge in [-0.3, -0.25) is 9.78 Å². The molecule has 0 aliphatic rings. The summed E-state index contributed by atoms with van der Waals surface area (Å²) < 4.78 is 7.13. The van der Waals surface area contributed by atoms with Gasteiger partial charge in [-0.05, 0) is 57.2 Å². The predicted molar refractivity (Wildman–Crippen MR) is 91.9 cm³/mol. The Morgan fingerprint density at radius 2 is 1.83 bits per heavy atom. The summed E-state index contributed by atoms with van der Waals surface area (Å²) in [6.45, 7) is 5.48. The van der Waals surface area contributed by atoms with Crippen LogP contribution >= 0.6 is 0 Å².